The maximum absolute atomic E-state index is 12.1. The molecule has 20 heavy (non-hydrogen) atoms. The van der Waals surface area contributed by atoms with E-state index < -0.39 is 0 Å². The van der Waals surface area contributed by atoms with Gasteiger partial charge >= 0.3 is 0 Å². The van der Waals surface area contributed by atoms with Crippen LogP contribution in [0.5, 0.6) is 0 Å². The van der Waals surface area contributed by atoms with Crippen LogP contribution in [-0.4, -0.2) is 35.0 Å². The fourth-order valence-electron chi connectivity index (χ4n) is 2.07. The Hall–Kier alpha value is -1.79. The third-order valence-electron chi connectivity index (χ3n) is 3.09. The molecule has 1 atom stereocenters. The molecule has 1 amide bonds. The molecule has 1 aromatic carbocycles. The van der Waals surface area contributed by atoms with Crippen molar-refractivity contribution in [1.82, 2.24) is 10.3 Å². The van der Waals surface area contributed by atoms with Crippen molar-refractivity contribution < 1.29 is 9.21 Å². The SMILES string of the molecule is O=C(Nc1cccc(-c2cnco2)c1)C1CSCCN1. The Morgan fingerprint density at radius 2 is 2.45 bits per heavy atom. The molecule has 1 aromatic heterocycles. The fourth-order valence-corrected chi connectivity index (χ4v) is 3.01. The minimum atomic E-state index is -0.123. The highest BCUT2D eigenvalue weighted by Crippen LogP contribution is 2.22. The first-order valence-corrected chi connectivity index (χ1v) is 7.59. The van der Waals surface area contributed by atoms with E-state index >= 15 is 0 Å². The number of carbonyl (C=O) groups excluding carboxylic acids is 1. The number of nitrogens with zero attached hydrogens (tertiary/aromatic N) is 1. The number of anilines is 1. The number of nitrogens with one attached hydrogen (secondary N) is 2. The van der Waals surface area contributed by atoms with E-state index in [4.69, 9.17) is 4.42 Å². The van der Waals surface area contributed by atoms with Crippen molar-refractivity contribution in [2.45, 2.75) is 6.04 Å². The number of thioether (sulfide) groups is 1. The number of carbonyl (C=O) groups is 1. The van der Waals surface area contributed by atoms with E-state index in [1.807, 2.05) is 24.3 Å². The molecule has 2 aromatic rings. The summed E-state index contributed by atoms with van der Waals surface area (Å²) in [5.41, 5.74) is 1.66. The summed E-state index contributed by atoms with van der Waals surface area (Å²) in [5, 5.41) is 6.16. The molecular formula is C14H15N3O2S. The minimum Gasteiger partial charge on any atom is -0.444 e. The third-order valence-corrected chi connectivity index (χ3v) is 4.15. The zero-order valence-electron chi connectivity index (χ0n) is 10.8. The average Bonchev–Trinajstić information content (AvgIpc) is 3.03. The Morgan fingerprint density at radius 1 is 1.50 bits per heavy atom. The third kappa shape index (κ3) is 3.02. The largest absolute Gasteiger partial charge is 0.444 e. The molecule has 1 saturated heterocycles. The van der Waals surface area contributed by atoms with Crippen LogP contribution >= 0.6 is 11.8 Å². The molecule has 0 saturated carbocycles. The summed E-state index contributed by atoms with van der Waals surface area (Å²) in [5.74, 6) is 2.57. The van der Waals surface area contributed by atoms with Gasteiger partial charge in [-0.05, 0) is 12.1 Å². The highest BCUT2D eigenvalue weighted by Gasteiger charge is 2.20. The van der Waals surface area contributed by atoms with Gasteiger partial charge in [-0.1, -0.05) is 12.1 Å². The topological polar surface area (TPSA) is 67.2 Å². The zero-order valence-corrected chi connectivity index (χ0v) is 11.7. The monoisotopic (exact) mass is 289 g/mol. The summed E-state index contributed by atoms with van der Waals surface area (Å²) in [4.78, 5) is 16.0. The summed E-state index contributed by atoms with van der Waals surface area (Å²) in [6.45, 7) is 0.876. The van der Waals surface area contributed by atoms with Gasteiger partial charge in [0.25, 0.3) is 0 Å². The van der Waals surface area contributed by atoms with Crippen LogP contribution in [0.15, 0.2) is 41.3 Å². The van der Waals surface area contributed by atoms with Crippen LogP contribution < -0.4 is 10.6 Å². The standard InChI is InChI=1S/C14H15N3O2S/c18-14(12-8-20-5-4-16-12)17-11-3-1-2-10(6-11)13-7-15-9-19-13/h1-3,6-7,9,12,16H,4-5,8H2,(H,17,18). The van der Waals surface area contributed by atoms with Crippen molar-refractivity contribution in [1.29, 1.82) is 0 Å². The highest BCUT2D eigenvalue weighted by atomic mass is 32.2. The molecule has 104 valence electrons. The molecule has 2 heterocycles. The molecule has 1 unspecified atom stereocenters. The van der Waals surface area contributed by atoms with Gasteiger partial charge in [0.1, 0.15) is 0 Å². The van der Waals surface area contributed by atoms with Crippen molar-refractivity contribution in [3.8, 4) is 11.3 Å². The minimum absolute atomic E-state index is 0.00641. The number of hydrogen-bond donors (Lipinski definition) is 2. The maximum atomic E-state index is 12.1. The van der Waals surface area contributed by atoms with Gasteiger partial charge in [-0.15, -0.1) is 0 Å². The van der Waals surface area contributed by atoms with Crippen molar-refractivity contribution >= 4 is 23.4 Å². The van der Waals surface area contributed by atoms with Crippen LogP contribution in [0.2, 0.25) is 0 Å². The summed E-state index contributed by atoms with van der Waals surface area (Å²) in [6, 6.07) is 7.44. The first-order chi connectivity index (χ1) is 9.83. The predicted molar refractivity (Wildman–Crippen MR) is 79.7 cm³/mol. The van der Waals surface area contributed by atoms with E-state index in [9.17, 15) is 4.79 Å². The van der Waals surface area contributed by atoms with Gasteiger partial charge < -0.3 is 15.1 Å². The van der Waals surface area contributed by atoms with E-state index in [0.717, 1.165) is 29.3 Å². The lowest BCUT2D eigenvalue weighted by Crippen LogP contribution is -2.46. The number of rotatable bonds is 3. The van der Waals surface area contributed by atoms with Gasteiger partial charge in [0.2, 0.25) is 5.91 Å². The molecular weight excluding hydrogens is 274 g/mol. The Morgan fingerprint density at radius 3 is 3.20 bits per heavy atom. The van der Waals surface area contributed by atoms with Crippen LogP contribution in [0.4, 0.5) is 5.69 Å². The Labute approximate surface area is 121 Å². The molecule has 6 heteroatoms. The average molecular weight is 289 g/mol. The first-order valence-electron chi connectivity index (χ1n) is 6.44. The molecule has 1 aliphatic heterocycles. The van der Waals surface area contributed by atoms with Crippen LogP contribution in [0.3, 0.4) is 0 Å². The van der Waals surface area contributed by atoms with Gasteiger partial charge in [0.15, 0.2) is 12.2 Å². The molecule has 1 fully saturated rings. The Balaban J connectivity index is 1.71. The number of hydrogen-bond acceptors (Lipinski definition) is 5. The van der Waals surface area contributed by atoms with E-state index in [1.165, 1.54) is 6.39 Å². The molecule has 5 nitrogen and oxygen atoms in total. The number of aromatic nitrogens is 1. The number of benzene rings is 1. The normalized spacial score (nSPS) is 18.7. The van der Waals surface area contributed by atoms with Crippen molar-refractivity contribution in [2.24, 2.45) is 0 Å². The lowest BCUT2D eigenvalue weighted by molar-refractivity contribution is -0.117. The van der Waals surface area contributed by atoms with Crippen LogP contribution in [0.25, 0.3) is 11.3 Å². The van der Waals surface area contributed by atoms with Crippen molar-refractivity contribution in [2.75, 3.05) is 23.4 Å². The molecule has 0 bridgehead atoms. The van der Waals surface area contributed by atoms with Gasteiger partial charge in [-0.25, -0.2) is 4.98 Å². The zero-order chi connectivity index (χ0) is 13.8. The molecule has 0 aliphatic carbocycles. The second-order valence-corrected chi connectivity index (χ2v) is 5.67. The Kier molecular flexibility index (Phi) is 4.03. The molecule has 3 rings (SSSR count). The summed E-state index contributed by atoms with van der Waals surface area (Å²) >= 11 is 1.80. The lowest BCUT2D eigenvalue weighted by Gasteiger charge is -2.22. The van der Waals surface area contributed by atoms with Crippen LogP contribution in [0, 0.1) is 0 Å². The van der Waals surface area contributed by atoms with Crippen molar-refractivity contribution in [3.63, 3.8) is 0 Å². The van der Waals surface area contributed by atoms with Gasteiger partial charge in [0.05, 0.1) is 12.2 Å². The fraction of sp³-hybridized carbons (Fsp3) is 0.286. The van der Waals surface area contributed by atoms with E-state index in [2.05, 4.69) is 15.6 Å². The smallest absolute Gasteiger partial charge is 0.242 e. The molecule has 1 aliphatic rings. The van der Waals surface area contributed by atoms with Crippen molar-refractivity contribution in [3.05, 3.63) is 36.9 Å². The lowest BCUT2D eigenvalue weighted by atomic mass is 10.1. The van der Waals surface area contributed by atoms with Gasteiger partial charge in [-0.3, -0.25) is 4.79 Å². The van der Waals surface area contributed by atoms with E-state index in [1.54, 1.807) is 18.0 Å². The van der Waals surface area contributed by atoms with Gasteiger partial charge in [0, 0.05) is 29.3 Å². The first kappa shape index (κ1) is 13.2. The summed E-state index contributed by atoms with van der Waals surface area (Å²) < 4.78 is 5.26. The van der Waals surface area contributed by atoms with Crippen LogP contribution in [-0.2, 0) is 4.79 Å². The number of amides is 1. The molecule has 0 radical (unpaired) electrons. The predicted octanol–water partition coefficient (Wildman–Crippen LogP) is 1.99. The summed E-state index contributed by atoms with van der Waals surface area (Å²) in [6.07, 6.45) is 3.05. The Bertz CT molecular complexity index is 580. The second kappa shape index (κ2) is 6.11. The van der Waals surface area contributed by atoms with Gasteiger partial charge in [-0.2, -0.15) is 11.8 Å². The second-order valence-electron chi connectivity index (χ2n) is 4.52. The summed E-state index contributed by atoms with van der Waals surface area (Å²) in [7, 11) is 0. The highest BCUT2D eigenvalue weighted by molar-refractivity contribution is 7.99. The number of oxazole rings is 1. The maximum Gasteiger partial charge on any atom is 0.242 e. The quantitative estimate of drug-likeness (QED) is 0.904. The van der Waals surface area contributed by atoms with E-state index in [-0.39, 0.29) is 11.9 Å². The molecule has 2 N–H and O–H groups in total. The van der Waals surface area contributed by atoms with Crippen LogP contribution in [0.1, 0.15) is 0 Å². The van der Waals surface area contributed by atoms with E-state index in [0.29, 0.717) is 5.76 Å². The molecule has 0 spiro atoms.